The van der Waals surface area contributed by atoms with Crippen LogP contribution >= 0.6 is 39.0 Å². The predicted molar refractivity (Wildman–Crippen MR) is 168 cm³/mol. The molecule has 2 aromatic rings. The maximum Gasteiger partial charge on any atom is 0.369 e. The number of benzene rings is 1. The van der Waals surface area contributed by atoms with Crippen LogP contribution in [0.2, 0.25) is 0 Å². The van der Waals surface area contributed by atoms with Crippen LogP contribution in [0.15, 0.2) is 52.5 Å². The fraction of sp³-hybridized carbons (Fsp3) is 0.448. The number of alkyl halides is 1. The van der Waals surface area contributed by atoms with Crippen molar-refractivity contribution >= 4 is 67.8 Å². The number of allylic oxidation sites excluding steroid dienone is 1. The van der Waals surface area contributed by atoms with Crippen LogP contribution in [0.25, 0.3) is 0 Å². The Morgan fingerprint density at radius 2 is 1.84 bits per heavy atom. The minimum Gasteiger partial charge on any atom is -0.457 e. The molecule has 45 heavy (non-hydrogen) atoms. The van der Waals surface area contributed by atoms with Crippen LogP contribution in [-0.4, -0.2) is 87.5 Å². The Morgan fingerprint density at radius 3 is 2.47 bits per heavy atom. The second-order valence-electron chi connectivity index (χ2n) is 10.6. The molecule has 2 unspecified atom stereocenters. The van der Waals surface area contributed by atoms with E-state index in [4.69, 9.17) is 14.2 Å². The van der Waals surface area contributed by atoms with Crippen molar-refractivity contribution in [2.45, 2.75) is 37.3 Å². The summed E-state index contributed by atoms with van der Waals surface area (Å²) in [6.07, 6.45) is 2.01. The molecule has 0 spiro atoms. The summed E-state index contributed by atoms with van der Waals surface area (Å²) in [4.78, 5) is 67.0. The fourth-order valence-corrected chi connectivity index (χ4v) is 7.04. The summed E-state index contributed by atoms with van der Waals surface area (Å²) in [7, 11) is 0. The van der Waals surface area contributed by atoms with Crippen LogP contribution in [0.3, 0.4) is 0 Å². The lowest BCUT2D eigenvalue weighted by Gasteiger charge is -2.47. The van der Waals surface area contributed by atoms with Crippen LogP contribution in [0.5, 0.6) is 0 Å². The maximum atomic E-state index is 13.8. The van der Waals surface area contributed by atoms with Crippen LogP contribution < -0.4 is 5.32 Å². The molecule has 5 rings (SSSR count). The van der Waals surface area contributed by atoms with Gasteiger partial charge in [0.2, 0.25) is 5.91 Å². The van der Waals surface area contributed by atoms with Crippen LogP contribution in [0, 0.1) is 16.0 Å². The Morgan fingerprint density at radius 1 is 1.11 bits per heavy atom. The van der Waals surface area contributed by atoms with Crippen molar-refractivity contribution in [2.75, 3.05) is 38.2 Å². The largest absolute Gasteiger partial charge is 0.457 e. The third-order valence-corrected chi connectivity index (χ3v) is 9.70. The molecule has 2 saturated heterocycles. The van der Waals surface area contributed by atoms with E-state index in [2.05, 4.69) is 21.2 Å². The van der Waals surface area contributed by atoms with Crippen LogP contribution in [-0.2, 0) is 41.6 Å². The Hall–Kier alpha value is -3.47. The number of thioether (sulfide) groups is 1. The van der Waals surface area contributed by atoms with Gasteiger partial charge in [0.25, 0.3) is 11.6 Å². The van der Waals surface area contributed by atoms with Gasteiger partial charge in [0.1, 0.15) is 18.0 Å². The Bertz CT molecular complexity index is 1440. The van der Waals surface area contributed by atoms with Gasteiger partial charge in [0.15, 0.2) is 5.70 Å². The van der Waals surface area contributed by atoms with E-state index in [1.807, 2.05) is 21.7 Å². The van der Waals surface area contributed by atoms with Gasteiger partial charge >= 0.3 is 11.3 Å². The summed E-state index contributed by atoms with van der Waals surface area (Å²) in [5.41, 5.74) is 1.57. The first-order valence-corrected chi connectivity index (χ1v) is 17.2. The molecule has 2 atom stereocenters. The van der Waals surface area contributed by atoms with Crippen LogP contribution in [0.4, 0.5) is 10.5 Å². The monoisotopic (exact) mass is 722 g/mol. The summed E-state index contributed by atoms with van der Waals surface area (Å²) in [5.74, 6) is -1.48. The third-order valence-electron chi connectivity index (χ3n) is 7.40. The highest BCUT2D eigenvalue weighted by atomic mass is 79.9. The number of halogens is 1. The number of nitro groups is 1. The molecule has 1 saturated carbocycles. The maximum absolute atomic E-state index is 13.8. The van der Waals surface area contributed by atoms with Gasteiger partial charge in [-0.25, -0.2) is 9.59 Å². The van der Waals surface area contributed by atoms with Crippen molar-refractivity contribution in [1.82, 2.24) is 15.1 Å². The Kier molecular flexibility index (Phi) is 11.1. The number of nitrogens with one attached hydrogen (secondary N) is 1. The zero-order valence-corrected chi connectivity index (χ0v) is 27.3. The van der Waals surface area contributed by atoms with Gasteiger partial charge in [-0.15, -0.1) is 0 Å². The lowest BCUT2D eigenvalue weighted by atomic mass is 10.0. The van der Waals surface area contributed by atoms with Crippen molar-refractivity contribution < 1.29 is 38.3 Å². The second-order valence-corrected chi connectivity index (χ2v) is 13.0. The van der Waals surface area contributed by atoms with Crippen molar-refractivity contribution in [3.05, 3.63) is 73.7 Å². The molecule has 2 aliphatic heterocycles. The number of ether oxygens (including phenoxy) is 3. The van der Waals surface area contributed by atoms with E-state index in [1.54, 1.807) is 0 Å². The van der Waals surface area contributed by atoms with E-state index in [0.717, 1.165) is 30.2 Å². The minimum absolute atomic E-state index is 0.0528. The minimum atomic E-state index is -1.09. The highest BCUT2D eigenvalue weighted by Gasteiger charge is 2.54. The first kappa shape index (κ1) is 32.9. The number of thiophene rings is 1. The molecule has 3 heterocycles. The third kappa shape index (κ3) is 8.42. The predicted octanol–water partition coefficient (Wildman–Crippen LogP) is 3.81. The van der Waals surface area contributed by atoms with Crippen molar-refractivity contribution in [1.29, 1.82) is 0 Å². The summed E-state index contributed by atoms with van der Waals surface area (Å²) in [5, 5.41) is 16.0. The quantitative estimate of drug-likeness (QED) is 0.0801. The zero-order valence-electron chi connectivity index (χ0n) is 24.1. The number of carbonyl (C=O) groups is 4. The van der Waals surface area contributed by atoms with Gasteiger partial charge in [-0.05, 0) is 70.6 Å². The van der Waals surface area contributed by atoms with Gasteiger partial charge in [-0.3, -0.25) is 24.6 Å². The molecule has 1 N–H and O–H groups in total. The molecule has 1 aliphatic carbocycles. The number of morpholine rings is 1. The van der Waals surface area contributed by atoms with E-state index >= 15 is 0 Å². The van der Waals surface area contributed by atoms with E-state index in [0.29, 0.717) is 43.5 Å². The summed E-state index contributed by atoms with van der Waals surface area (Å²) in [6, 6.07) is 6.29. The molecular formula is C29H31BrN4O9S2. The number of carbonyl (C=O) groups excluding carboxylic acids is 4. The van der Waals surface area contributed by atoms with Crippen molar-refractivity contribution in [2.24, 2.45) is 5.92 Å². The second kappa shape index (κ2) is 15.2. The topological polar surface area (TPSA) is 158 Å². The molecule has 2 amide bonds. The molecule has 3 fully saturated rings. The highest BCUT2D eigenvalue weighted by molar-refractivity contribution is 9.09. The summed E-state index contributed by atoms with van der Waals surface area (Å²) in [6.45, 7) is 1.75. The highest BCUT2D eigenvalue weighted by Crippen LogP contribution is 2.38. The summed E-state index contributed by atoms with van der Waals surface area (Å²) < 4.78 is 16.6. The molecular weight excluding hydrogens is 692 g/mol. The lowest BCUT2D eigenvalue weighted by Crippen LogP contribution is -2.70. The average Bonchev–Trinajstić information content (AvgIpc) is 3.74. The number of hydrogen-bond acceptors (Lipinski definition) is 12. The molecule has 240 valence electrons. The number of nitrogens with zero attached hydrogens (tertiary/aromatic N) is 3. The smallest absolute Gasteiger partial charge is 0.369 e. The zero-order chi connectivity index (χ0) is 31.9. The number of β-lactam (4-membered cyclic amide) rings is 1. The number of amides is 2. The summed E-state index contributed by atoms with van der Waals surface area (Å²) >= 11 is 5.65. The van der Waals surface area contributed by atoms with E-state index in [9.17, 15) is 29.3 Å². The van der Waals surface area contributed by atoms with Gasteiger partial charge in [0, 0.05) is 30.6 Å². The van der Waals surface area contributed by atoms with E-state index < -0.39 is 39.4 Å². The van der Waals surface area contributed by atoms with Crippen LogP contribution in [0.1, 0.15) is 24.0 Å². The molecule has 0 radical (unpaired) electrons. The molecule has 0 bridgehead atoms. The van der Waals surface area contributed by atoms with Gasteiger partial charge in [-0.2, -0.15) is 11.3 Å². The fourth-order valence-electron chi connectivity index (χ4n) is 4.78. The number of hydrogen-bond donors (Lipinski definition) is 1. The molecule has 13 nitrogen and oxygen atoms in total. The Balaban J connectivity index is 1.41. The average molecular weight is 724 g/mol. The van der Waals surface area contributed by atoms with Gasteiger partial charge < -0.3 is 24.4 Å². The standard InChI is InChI=1S/C29H31BrN4O9S2/c30-14-22(32-8-10-41-11-9-32)25(28(37)42-15-19-3-5-21(6-4-19)34(39)40)33-26(36)24(31-23(35)13-20-7-12-44-17-20)27(33)45-29(38)43-16-18-1-2-18/h3-7,12,17-18,24,27H,1-2,8-11,13-16H2,(H,31,35). The normalized spacial score (nSPS) is 20.2. The van der Waals surface area contributed by atoms with Gasteiger partial charge in [0.05, 0.1) is 36.9 Å². The van der Waals surface area contributed by atoms with Crippen molar-refractivity contribution in [3.63, 3.8) is 0 Å². The first-order chi connectivity index (χ1) is 21.7. The lowest BCUT2D eigenvalue weighted by molar-refractivity contribution is -0.384. The first-order valence-electron chi connectivity index (χ1n) is 14.2. The number of likely N-dealkylation sites (tertiary alicyclic amines) is 1. The molecule has 3 aliphatic rings. The number of nitro benzene ring substituents is 1. The van der Waals surface area contributed by atoms with E-state index in [1.165, 1.54) is 40.5 Å². The van der Waals surface area contributed by atoms with Gasteiger partial charge in [-0.1, -0.05) is 15.9 Å². The molecule has 1 aromatic heterocycles. The number of esters is 1. The molecule has 1 aromatic carbocycles. The SMILES string of the molecule is O=C(Cc1ccsc1)NC1C(=O)N(C(C(=O)OCc2ccc([N+](=O)[O-])cc2)=C(CBr)N2CCOCC2)C1SC(=O)OCC1CC1. The molecule has 16 heteroatoms. The van der Waals surface area contributed by atoms with E-state index in [-0.39, 0.29) is 36.3 Å². The number of rotatable bonds is 13. The number of non-ortho nitro benzene ring substituents is 1. The Labute approximate surface area is 275 Å². The van der Waals surface area contributed by atoms with Crippen molar-refractivity contribution in [3.8, 4) is 0 Å².